The highest BCUT2D eigenvalue weighted by molar-refractivity contribution is 9.11. The van der Waals surface area contributed by atoms with Crippen LogP contribution in [0.5, 0.6) is 0 Å². The summed E-state index contributed by atoms with van der Waals surface area (Å²) in [4.78, 5) is 7.97. The van der Waals surface area contributed by atoms with Crippen molar-refractivity contribution >= 4 is 21.6 Å². The zero-order valence-electron chi connectivity index (χ0n) is 12.4. The zero-order chi connectivity index (χ0) is 15.5. The first kappa shape index (κ1) is 16.2. The van der Waals surface area contributed by atoms with Gasteiger partial charge in [-0.1, -0.05) is 39.8 Å². The number of fused-ring (bicyclic) bond motifs is 2. The van der Waals surface area contributed by atoms with Gasteiger partial charge in [0.25, 0.3) is 0 Å². The van der Waals surface area contributed by atoms with Crippen molar-refractivity contribution in [2.75, 3.05) is 13.1 Å². The van der Waals surface area contributed by atoms with Crippen molar-refractivity contribution in [3.8, 4) is 0 Å². The molecular weight excluding hydrogens is 335 g/mol. The summed E-state index contributed by atoms with van der Waals surface area (Å²) in [5.41, 5.74) is 0.972. The van der Waals surface area contributed by atoms with Crippen LogP contribution in [0.15, 0.2) is 51.9 Å². The minimum absolute atomic E-state index is 0.252. The Morgan fingerprint density at radius 2 is 2.33 bits per heavy atom. The largest absolute Gasteiger partial charge is 0.368 e. The van der Waals surface area contributed by atoms with Gasteiger partial charge in [0, 0.05) is 18.7 Å². The standard InChI is InChI=1S/C16H20BrFN2O/c1-4-13(8-7-12(2)18)16(3)20-9-5-6-14(17)10-15(11-20)19-21-16/h4,7-8,10H,1,5-6,9,11H2,2-3H3/b12-7+,13-8+,14-10+. The lowest BCUT2D eigenvalue weighted by Crippen LogP contribution is -2.54. The summed E-state index contributed by atoms with van der Waals surface area (Å²) in [5.74, 6) is -0.252. The Morgan fingerprint density at radius 3 is 3.00 bits per heavy atom. The first-order chi connectivity index (χ1) is 9.95. The van der Waals surface area contributed by atoms with E-state index in [0.29, 0.717) is 6.54 Å². The molecule has 2 bridgehead atoms. The van der Waals surface area contributed by atoms with Crippen LogP contribution < -0.4 is 0 Å². The van der Waals surface area contributed by atoms with Gasteiger partial charge in [-0.05, 0) is 43.3 Å². The molecule has 0 aromatic heterocycles. The molecule has 5 heteroatoms. The van der Waals surface area contributed by atoms with Crippen molar-refractivity contribution < 1.29 is 9.23 Å². The van der Waals surface area contributed by atoms with Crippen LogP contribution >= 0.6 is 15.9 Å². The van der Waals surface area contributed by atoms with E-state index >= 15 is 0 Å². The van der Waals surface area contributed by atoms with Gasteiger partial charge in [-0.2, -0.15) is 0 Å². The average molecular weight is 355 g/mol. The van der Waals surface area contributed by atoms with Crippen LogP contribution in [0.4, 0.5) is 4.39 Å². The molecule has 2 heterocycles. The fourth-order valence-corrected chi connectivity index (χ4v) is 3.03. The second kappa shape index (κ2) is 6.71. The lowest BCUT2D eigenvalue weighted by molar-refractivity contribution is -0.121. The summed E-state index contributed by atoms with van der Waals surface area (Å²) in [6.45, 7) is 8.76. The number of oxime groups is 1. The van der Waals surface area contributed by atoms with Gasteiger partial charge in [0.2, 0.25) is 5.72 Å². The Kier molecular flexibility index (Phi) is 5.17. The van der Waals surface area contributed by atoms with E-state index in [2.05, 4.69) is 32.6 Å². The van der Waals surface area contributed by atoms with E-state index in [9.17, 15) is 4.39 Å². The minimum atomic E-state index is -0.713. The minimum Gasteiger partial charge on any atom is -0.368 e. The highest BCUT2D eigenvalue weighted by Gasteiger charge is 2.40. The van der Waals surface area contributed by atoms with Crippen LogP contribution in [0, 0.1) is 0 Å². The summed E-state index contributed by atoms with van der Waals surface area (Å²) in [6, 6.07) is 0. The fraction of sp³-hybridized carbons (Fsp3) is 0.438. The maximum absolute atomic E-state index is 13.0. The number of hydrogen-bond donors (Lipinski definition) is 0. The van der Waals surface area contributed by atoms with Crippen LogP contribution in [0.1, 0.15) is 26.7 Å². The van der Waals surface area contributed by atoms with Crippen LogP contribution in [-0.4, -0.2) is 29.4 Å². The van der Waals surface area contributed by atoms with Crippen molar-refractivity contribution in [2.24, 2.45) is 5.16 Å². The summed E-state index contributed by atoms with van der Waals surface area (Å²) in [7, 11) is 0. The van der Waals surface area contributed by atoms with Crippen LogP contribution in [0.3, 0.4) is 0 Å². The lowest BCUT2D eigenvalue weighted by atomic mass is 9.99. The fourth-order valence-electron chi connectivity index (χ4n) is 2.49. The maximum atomic E-state index is 13.0. The lowest BCUT2D eigenvalue weighted by Gasteiger charge is -2.43. The third-order valence-corrected chi connectivity index (χ3v) is 4.34. The first-order valence-corrected chi connectivity index (χ1v) is 7.78. The predicted octanol–water partition coefficient (Wildman–Crippen LogP) is 4.45. The Labute approximate surface area is 133 Å². The molecule has 0 saturated heterocycles. The van der Waals surface area contributed by atoms with E-state index < -0.39 is 5.72 Å². The van der Waals surface area contributed by atoms with Crippen molar-refractivity contribution in [3.63, 3.8) is 0 Å². The van der Waals surface area contributed by atoms with E-state index in [-0.39, 0.29) is 5.83 Å². The van der Waals surface area contributed by atoms with Gasteiger partial charge in [-0.15, -0.1) is 0 Å². The molecule has 0 aromatic rings. The van der Waals surface area contributed by atoms with E-state index in [1.165, 1.54) is 13.0 Å². The van der Waals surface area contributed by atoms with E-state index in [0.717, 1.165) is 35.2 Å². The highest BCUT2D eigenvalue weighted by Crippen LogP contribution is 2.32. The summed E-state index contributed by atoms with van der Waals surface area (Å²) >= 11 is 3.54. The van der Waals surface area contributed by atoms with Crippen molar-refractivity contribution in [2.45, 2.75) is 32.4 Å². The number of nitrogens with zero attached hydrogens (tertiary/aromatic N) is 2. The summed E-state index contributed by atoms with van der Waals surface area (Å²) in [6.07, 6.45) is 8.83. The van der Waals surface area contributed by atoms with Crippen LogP contribution in [0.2, 0.25) is 0 Å². The Morgan fingerprint density at radius 1 is 1.57 bits per heavy atom. The highest BCUT2D eigenvalue weighted by atomic mass is 79.9. The van der Waals surface area contributed by atoms with Gasteiger partial charge >= 0.3 is 0 Å². The predicted molar refractivity (Wildman–Crippen MR) is 87.9 cm³/mol. The van der Waals surface area contributed by atoms with Crippen molar-refractivity contribution in [3.05, 3.63) is 46.8 Å². The molecule has 2 rings (SSSR count). The van der Waals surface area contributed by atoms with Gasteiger partial charge in [-0.3, -0.25) is 4.90 Å². The molecule has 0 N–H and O–H groups in total. The molecule has 3 nitrogen and oxygen atoms in total. The molecule has 2 atom stereocenters. The number of allylic oxidation sites excluding steroid dienone is 4. The van der Waals surface area contributed by atoms with E-state index in [1.807, 2.05) is 13.0 Å². The molecule has 0 spiro atoms. The van der Waals surface area contributed by atoms with Crippen LogP contribution in [-0.2, 0) is 4.84 Å². The van der Waals surface area contributed by atoms with Crippen molar-refractivity contribution in [1.29, 1.82) is 0 Å². The summed E-state index contributed by atoms with van der Waals surface area (Å²) < 4.78 is 14.1. The Balaban J connectivity index is 2.37. The molecule has 0 fully saturated rings. The number of rotatable bonds is 3. The molecule has 0 radical (unpaired) electrons. The SMILES string of the molecule is C=C/C(=C\C=C(/C)F)C1(C)ON=C2/C=C(/Br)CCCN1C2. The summed E-state index contributed by atoms with van der Waals surface area (Å²) in [5, 5.41) is 4.22. The molecule has 0 amide bonds. The van der Waals surface area contributed by atoms with Gasteiger partial charge in [-0.25, -0.2) is 4.39 Å². The van der Waals surface area contributed by atoms with E-state index in [4.69, 9.17) is 4.84 Å². The average Bonchev–Trinajstić information content (AvgIpc) is 2.40. The molecule has 0 saturated carbocycles. The molecule has 2 unspecified atom stereocenters. The van der Waals surface area contributed by atoms with E-state index in [1.54, 1.807) is 12.2 Å². The first-order valence-electron chi connectivity index (χ1n) is 6.99. The third-order valence-electron chi connectivity index (χ3n) is 3.71. The number of hydrogen-bond acceptors (Lipinski definition) is 3. The number of halogens is 2. The monoisotopic (exact) mass is 354 g/mol. The van der Waals surface area contributed by atoms with Crippen molar-refractivity contribution in [1.82, 2.24) is 4.90 Å². The smallest absolute Gasteiger partial charge is 0.214 e. The topological polar surface area (TPSA) is 24.8 Å². The van der Waals surface area contributed by atoms with Gasteiger partial charge in [0.15, 0.2) is 0 Å². The molecule has 114 valence electrons. The maximum Gasteiger partial charge on any atom is 0.214 e. The third kappa shape index (κ3) is 3.71. The molecule has 0 aromatic carbocycles. The molecule has 21 heavy (non-hydrogen) atoms. The van der Waals surface area contributed by atoms with Crippen LogP contribution in [0.25, 0.3) is 0 Å². The van der Waals surface area contributed by atoms with Gasteiger partial charge in [0.1, 0.15) is 0 Å². The molecular formula is C16H20BrFN2O. The molecule has 0 aliphatic carbocycles. The molecule has 2 aliphatic heterocycles. The Hall–Kier alpha value is -1.20. The Bertz CT molecular complexity index is 546. The zero-order valence-corrected chi connectivity index (χ0v) is 14.0. The van der Waals surface area contributed by atoms with Gasteiger partial charge in [0.05, 0.1) is 11.5 Å². The molecule has 2 aliphatic rings. The second-order valence-electron chi connectivity index (χ2n) is 5.35. The normalized spacial score (nSPS) is 33.0. The quantitative estimate of drug-likeness (QED) is 0.699. The van der Waals surface area contributed by atoms with Gasteiger partial charge < -0.3 is 4.84 Å². The second-order valence-corrected chi connectivity index (χ2v) is 6.37.